The number of amides is 2. The van der Waals surface area contributed by atoms with Gasteiger partial charge >= 0.3 is 0 Å². The molecule has 6 nitrogen and oxygen atoms in total. The van der Waals surface area contributed by atoms with Crippen molar-refractivity contribution >= 4 is 17.5 Å². The van der Waals surface area contributed by atoms with Crippen LogP contribution in [0.15, 0.2) is 54.6 Å². The molecule has 0 atom stereocenters. The van der Waals surface area contributed by atoms with Crippen LogP contribution in [0.5, 0.6) is 5.75 Å². The summed E-state index contributed by atoms with van der Waals surface area (Å²) in [4.78, 5) is 27.0. The summed E-state index contributed by atoms with van der Waals surface area (Å²) in [5, 5.41) is 11.5. The molecule has 6 heteroatoms. The summed E-state index contributed by atoms with van der Waals surface area (Å²) < 4.78 is 5.62. The van der Waals surface area contributed by atoms with Crippen molar-refractivity contribution in [3.8, 4) is 11.8 Å². The van der Waals surface area contributed by atoms with E-state index in [0.29, 0.717) is 63.2 Å². The largest absolute Gasteiger partial charge is 0.493 e. The quantitative estimate of drug-likeness (QED) is 0.618. The van der Waals surface area contributed by atoms with Crippen molar-refractivity contribution in [3.05, 3.63) is 60.2 Å². The summed E-state index contributed by atoms with van der Waals surface area (Å²) in [5.74, 6) is 0.718. The van der Waals surface area contributed by atoms with Crippen LogP contribution in [0, 0.1) is 17.2 Å². The molecule has 1 N–H and O–H groups in total. The molecule has 31 heavy (non-hydrogen) atoms. The second-order valence-corrected chi connectivity index (χ2v) is 7.77. The molecular weight excluding hydrogens is 390 g/mol. The lowest BCUT2D eigenvalue weighted by molar-refractivity contribution is -0.134. The fourth-order valence-corrected chi connectivity index (χ4v) is 3.69. The number of piperidine rings is 1. The van der Waals surface area contributed by atoms with Crippen molar-refractivity contribution in [3.63, 3.8) is 0 Å². The standard InChI is InChI=1S/C25H29N3O3/c26-15-4-5-18-31-23-10-6-9-22(19-23)27-25(30)21-13-16-28(17-14-21)24(29)12-11-20-7-2-1-3-8-20/h1-3,6-10,19,21H,4-5,11-14,16-18H2,(H,27,30). The molecule has 1 aliphatic rings. The zero-order chi connectivity index (χ0) is 21.9. The van der Waals surface area contributed by atoms with Gasteiger partial charge in [0.1, 0.15) is 5.75 Å². The molecule has 2 aromatic carbocycles. The maximum Gasteiger partial charge on any atom is 0.227 e. The summed E-state index contributed by atoms with van der Waals surface area (Å²) in [6, 6.07) is 19.4. The molecular formula is C25H29N3O3. The van der Waals surface area contributed by atoms with E-state index in [0.717, 1.165) is 6.42 Å². The van der Waals surface area contributed by atoms with Gasteiger partial charge in [0.2, 0.25) is 11.8 Å². The first-order valence-corrected chi connectivity index (χ1v) is 10.9. The normalized spacial score (nSPS) is 14.0. The molecule has 0 saturated carbocycles. The second kappa shape index (κ2) is 11.8. The highest BCUT2D eigenvalue weighted by Crippen LogP contribution is 2.22. The van der Waals surface area contributed by atoms with Crippen molar-refractivity contribution in [2.45, 2.75) is 38.5 Å². The molecule has 0 spiro atoms. The highest BCUT2D eigenvalue weighted by molar-refractivity contribution is 5.93. The van der Waals surface area contributed by atoms with E-state index in [9.17, 15) is 9.59 Å². The number of carbonyl (C=O) groups is 2. The van der Waals surface area contributed by atoms with E-state index in [1.165, 1.54) is 5.56 Å². The van der Waals surface area contributed by atoms with Gasteiger partial charge in [-0.25, -0.2) is 0 Å². The summed E-state index contributed by atoms with van der Waals surface area (Å²) in [7, 11) is 0. The van der Waals surface area contributed by atoms with Gasteiger partial charge in [0.25, 0.3) is 0 Å². The van der Waals surface area contributed by atoms with Crippen molar-refractivity contribution in [1.29, 1.82) is 5.26 Å². The van der Waals surface area contributed by atoms with Gasteiger partial charge in [-0.05, 0) is 43.4 Å². The minimum absolute atomic E-state index is 0.0157. The van der Waals surface area contributed by atoms with E-state index in [1.54, 1.807) is 6.07 Å². The fourth-order valence-electron chi connectivity index (χ4n) is 3.69. The molecule has 2 aromatic rings. The predicted octanol–water partition coefficient (Wildman–Crippen LogP) is 4.18. The Bertz CT molecular complexity index is 900. The first-order valence-electron chi connectivity index (χ1n) is 10.9. The van der Waals surface area contributed by atoms with Crippen LogP contribution in [-0.2, 0) is 16.0 Å². The molecule has 1 aliphatic heterocycles. The Balaban J connectivity index is 1.42. The number of carbonyl (C=O) groups excluding carboxylic acids is 2. The highest BCUT2D eigenvalue weighted by Gasteiger charge is 2.27. The van der Waals surface area contributed by atoms with Crippen molar-refractivity contribution in [1.82, 2.24) is 4.90 Å². The lowest BCUT2D eigenvalue weighted by atomic mass is 9.95. The van der Waals surface area contributed by atoms with E-state index in [2.05, 4.69) is 11.4 Å². The molecule has 3 rings (SSSR count). The van der Waals surface area contributed by atoms with Gasteiger partial charge < -0.3 is 15.0 Å². The number of unbranched alkanes of at least 4 members (excludes halogenated alkanes) is 1. The second-order valence-electron chi connectivity index (χ2n) is 7.77. The third-order valence-corrected chi connectivity index (χ3v) is 5.49. The first-order chi connectivity index (χ1) is 15.2. The minimum Gasteiger partial charge on any atom is -0.493 e. The van der Waals surface area contributed by atoms with Crippen LogP contribution in [0.1, 0.15) is 37.7 Å². The lowest BCUT2D eigenvalue weighted by Gasteiger charge is -2.31. The van der Waals surface area contributed by atoms with Gasteiger partial charge in [0, 0.05) is 43.6 Å². The molecule has 162 valence electrons. The van der Waals surface area contributed by atoms with Gasteiger partial charge in [0.05, 0.1) is 12.7 Å². The topological polar surface area (TPSA) is 82.4 Å². The van der Waals surface area contributed by atoms with Gasteiger partial charge in [-0.2, -0.15) is 5.26 Å². The number of nitrogens with one attached hydrogen (secondary N) is 1. The van der Waals surface area contributed by atoms with E-state index < -0.39 is 0 Å². The van der Waals surface area contributed by atoms with Crippen LogP contribution in [0.3, 0.4) is 0 Å². The molecule has 0 bridgehead atoms. The number of ether oxygens (including phenoxy) is 1. The number of rotatable bonds is 9. The Morgan fingerprint density at radius 2 is 1.87 bits per heavy atom. The molecule has 1 heterocycles. The van der Waals surface area contributed by atoms with Gasteiger partial charge in [-0.1, -0.05) is 36.4 Å². The molecule has 1 fully saturated rings. The Morgan fingerprint density at radius 1 is 1.10 bits per heavy atom. The average molecular weight is 420 g/mol. The summed E-state index contributed by atoms with van der Waals surface area (Å²) in [5.41, 5.74) is 1.87. The zero-order valence-electron chi connectivity index (χ0n) is 17.8. The van der Waals surface area contributed by atoms with Crippen LogP contribution in [0.4, 0.5) is 5.69 Å². The third kappa shape index (κ3) is 7.14. The monoisotopic (exact) mass is 419 g/mol. The predicted molar refractivity (Wildman–Crippen MR) is 119 cm³/mol. The molecule has 0 aromatic heterocycles. The number of benzene rings is 2. The Morgan fingerprint density at radius 3 is 2.61 bits per heavy atom. The third-order valence-electron chi connectivity index (χ3n) is 5.49. The van der Waals surface area contributed by atoms with Crippen LogP contribution < -0.4 is 10.1 Å². The lowest BCUT2D eigenvalue weighted by Crippen LogP contribution is -2.41. The van der Waals surface area contributed by atoms with Gasteiger partial charge in [-0.15, -0.1) is 0 Å². The van der Waals surface area contributed by atoms with Crippen molar-refractivity contribution < 1.29 is 14.3 Å². The number of anilines is 1. The Kier molecular flexibility index (Phi) is 8.48. The maximum absolute atomic E-state index is 12.7. The van der Waals surface area contributed by atoms with E-state index in [4.69, 9.17) is 10.00 Å². The molecule has 0 aliphatic carbocycles. The first kappa shape index (κ1) is 22.4. The van der Waals surface area contributed by atoms with Crippen LogP contribution >= 0.6 is 0 Å². The highest BCUT2D eigenvalue weighted by atomic mass is 16.5. The Labute approximate surface area is 183 Å². The van der Waals surface area contributed by atoms with Crippen LogP contribution in [0.2, 0.25) is 0 Å². The molecule has 0 unspecified atom stereocenters. The van der Waals surface area contributed by atoms with Gasteiger partial charge in [0.15, 0.2) is 0 Å². The minimum atomic E-state index is -0.0987. The smallest absolute Gasteiger partial charge is 0.227 e. The SMILES string of the molecule is N#CCCCOc1cccc(NC(=O)C2CCN(C(=O)CCc3ccccc3)CC2)c1. The van der Waals surface area contributed by atoms with Crippen LogP contribution in [-0.4, -0.2) is 36.4 Å². The van der Waals surface area contributed by atoms with E-state index in [1.807, 2.05) is 53.4 Å². The zero-order valence-corrected chi connectivity index (χ0v) is 17.8. The number of likely N-dealkylation sites (tertiary alicyclic amines) is 1. The maximum atomic E-state index is 12.7. The van der Waals surface area contributed by atoms with E-state index in [-0.39, 0.29) is 17.7 Å². The molecule has 1 saturated heterocycles. The summed E-state index contributed by atoms with van der Waals surface area (Å²) >= 11 is 0. The fraction of sp³-hybridized carbons (Fsp3) is 0.400. The van der Waals surface area contributed by atoms with Crippen molar-refractivity contribution in [2.24, 2.45) is 5.92 Å². The average Bonchev–Trinajstić information content (AvgIpc) is 2.81. The number of nitriles is 1. The number of nitrogens with zero attached hydrogens (tertiary/aromatic N) is 2. The molecule has 0 radical (unpaired) electrons. The van der Waals surface area contributed by atoms with Gasteiger partial charge in [-0.3, -0.25) is 9.59 Å². The Hall–Kier alpha value is -3.33. The van der Waals surface area contributed by atoms with Crippen LogP contribution in [0.25, 0.3) is 0 Å². The van der Waals surface area contributed by atoms with Crippen molar-refractivity contribution in [2.75, 3.05) is 25.0 Å². The molecule has 2 amide bonds. The number of hydrogen-bond acceptors (Lipinski definition) is 4. The number of hydrogen-bond donors (Lipinski definition) is 1. The number of aryl methyl sites for hydroxylation is 1. The van der Waals surface area contributed by atoms with E-state index >= 15 is 0 Å². The summed E-state index contributed by atoms with van der Waals surface area (Å²) in [6.45, 7) is 1.71. The summed E-state index contributed by atoms with van der Waals surface area (Å²) in [6.07, 6.45) is 3.73.